The van der Waals surface area contributed by atoms with Gasteiger partial charge < -0.3 is 0 Å². The molecular weight excluding hydrogens is 986 g/mol. The molecule has 358 valence electrons. The molecule has 2 aromatic rings. The minimum absolute atomic E-state index is 0.257. The SMILES string of the molecule is FC(F)(F)C(F)(F)C(F)(F)C(F)(F)C(F)(F)C(F)(F)C(F)(F)C(F)(F)[n+]1ccc(-c2cc[n+](C(F)(F)C(F)(F)C(F)(F)C(F)(F)C(F)(F)C(F)(F)C(F)(F)C(F)(F)F)cc2)cc1. The number of pyridine rings is 2. The fourth-order valence-corrected chi connectivity index (χ4v) is 4.25. The second-order valence-corrected chi connectivity index (χ2v) is 12.0. The van der Waals surface area contributed by atoms with E-state index in [0.717, 1.165) is 0 Å². The topological polar surface area (TPSA) is 7.76 Å². The van der Waals surface area contributed by atoms with Gasteiger partial charge in [0.25, 0.3) is 0 Å². The Labute approximate surface area is 315 Å². The lowest BCUT2D eigenvalue weighted by molar-refractivity contribution is -0.850. The van der Waals surface area contributed by atoms with Gasteiger partial charge in [-0.25, -0.2) is 0 Å². The molecule has 2 aromatic heterocycles. The Hall–Kier alpha value is -4.08. The van der Waals surface area contributed by atoms with Crippen LogP contribution in [0.2, 0.25) is 0 Å². The van der Waals surface area contributed by atoms with E-state index in [4.69, 9.17) is 0 Å². The van der Waals surface area contributed by atoms with Crippen LogP contribution in [-0.4, -0.2) is 83.4 Å². The Morgan fingerprint density at radius 3 is 0.516 bits per heavy atom. The van der Waals surface area contributed by atoms with E-state index in [1.54, 1.807) is 0 Å². The Kier molecular flexibility index (Phi) is 12.4. The monoisotopic (exact) mass is 994 g/mol. The van der Waals surface area contributed by atoms with Gasteiger partial charge in [0.2, 0.25) is 0 Å². The van der Waals surface area contributed by atoms with Crippen molar-refractivity contribution in [1.82, 2.24) is 0 Å². The summed E-state index contributed by atoms with van der Waals surface area (Å²) in [4.78, 5) is 0. The van der Waals surface area contributed by atoms with Crippen molar-refractivity contribution in [2.24, 2.45) is 0 Å². The maximum absolute atomic E-state index is 14.5. The van der Waals surface area contributed by atoms with Crippen LogP contribution in [0.4, 0.5) is 149 Å². The second kappa shape index (κ2) is 14.2. The number of nitrogens with zero attached hydrogens (tertiary/aromatic N) is 2. The van der Waals surface area contributed by atoms with Crippen LogP contribution in [0.5, 0.6) is 0 Å². The third-order valence-corrected chi connectivity index (χ3v) is 8.05. The van der Waals surface area contributed by atoms with Crippen molar-refractivity contribution in [2.75, 3.05) is 0 Å². The molecular formula is C26H8F34N2+2. The molecule has 0 unspecified atom stereocenters. The van der Waals surface area contributed by atoms with Crippen LogP contribution in [0.25, 0.3) is 11.1 Å². The minimum Gasteiger partial charge on any atom is -0.192 e. The zero-order chi connectivity index (χ0) is 50.0. The number of rotatable bonds is 15. The van der Waals surface area contributed by atoms with Gasteiger partial charge in [-0.1, -0.05) is 0 Å². The molecule has 62 heavy (non-hydrogen) atoms. The predicted molar refractivity (Wildman–Crippen MR) is 124 cm³/mol. The summed E-state index contributed by atoms with van der Waals surface area (Å²) in [5.74, 6) is -105. The molecule has 0 fully saturated rings. The van der Waals surface area contributed by atoms with Crippen molar-refractivity contribution < 1.29 is 158 Å². The third kappa shape index (κ3) is 6.76. The molecule has 0 bridgehead atoms. The Balaban J connectivity index is 2.59. The number of hydrogen-bond donors (Lipinski definition) is 0. The van der Waals surface area contributed by atoms with Gasteiger partial charge in [-0.15, -0.1) is 26.7 Å². The van der Waals surface area contributed by atoms with Crippen LogP contribution >= 0.6 is 0 Å². The first-order chi connectivity index (χ1) is 26.7. The Morgan fingerprint density at radius 2 is 0.355 bits per heavy atom. The highest BCUT2D eigenvalue weighted by Crippen LogP contribution is 2.66. The quantitative estimate of drug-likeness (QED) is 0.124. The zero-order valence-electron chi connectivity index (χ0n) is 27.4. The molecule has 0 radical (unpaired) electrons. The predicted octanol–water partition coefficient (Wildman–Crippen LogP) is 11.8. The molecule has 2 rings (SSSR count). The largest absolute Gasteiger partial charge is 0.534 e. The first kappa shape index (κ1) is 54.1. The molecule has 0 aliphatic heterocycles. The summed E-state index contributed by atoms with van der Waals surface area (Å²) in [6, 6.07) is -15.5. The molecule has 0 saturated heterocycles. The van der Waals surface area contributed by atoms with Crippen molar-refractivity contribution in [1.29, 1.82) is 0 Å². The molecule has 0 amide bonds. The second-order valence-electron chi connectivity index (χ2n) is 12.0. The first-order valence-corrected chi connectivity index (χ1v) is 14.1. The molecule has 0 aliphatic carbocycles. The van der Waals surface area contributed by atoms with Crippen LogP contribution in [0.15, 0.2) is 49.1 Å². The van der Waals surface area contributed by atoms with E-state index < -0.39 is 141 Å². The highest BCUT2D eigenvalue weighted by molar-refractivity contribution is 5.61. The van der Waals surface area contributed by atoms with Crippen molar-refractivity contribution in [3.8, 4) is 11.1 Å². The summed E-state index contributed by atoms with van der Waals surface area (Å²) in [6.07, 6.45) is -19.2. The Bertz CT molecular complexity index is 1780. The molecule has 0 aromatic carbocycles. The molecule has 2 nitrogen and oxygen atoms in total. The lowest BCUT2D eigenvalue weighted by Gasteiger charge is -2.41. The summed E-state index contributed by atoms with van der Waals surface area (Å²) in [7, 11) is 0. The van der Waals surface area contributed by atoms with Gasteiger partial charge in [0.1, 0.15) is 0 Å². The highest BCUT2D eigenvalue weighted by atomic mass is 19.4. The van der Waals surface area contributed by atoms with E-state index >= 15 is 0 Å². The molecule has 0 aliphatic rings. The van der Waals surface area contributed by atoms with Gasteiger partial charge in [-0.05, 0) is 11.1 Å². The summed E-state index contributed by atoms with van der Waals surface area (Å²) in [5.41, 5.74) is -2.24. The number of halogens is 34. The number of aromatic nitrogens is 2. The van der Waals surface area contributed by atoms with E-state index in [0.29, 0.717) is 0 Å². The minimum atomic E-state index is -8.99. The summed E-state index contributed by atoms with van der Waals surface area (Å²) < 4.78 is 457. The van der Waals surface area contributed by atoms with Crippen molar-refractivity contribution in [2.45, 2.75) is 95.5 Å². The van der Waals surface area contributed by atoms with Gasteiger partial charge in [0, 0.05) is 24.3 Å². The fourth-order valence-electron chi connectivity index (χ4n) is 4.25. The van der Waals surface area contributed by atoms with E-state index in [1.807, 2.05) is 0 Å². The van der Waals surface area contributed by atoms with E-state index in [-0.39, 0.29) is 24.3 Å². The maximum Gasteiger partial charge on any atom is 0.534 e. The van der Waals surface area contributed by atoms with Gasteiger partial charge in [0.15, 0.2) is 24.8 Å². The van der Waals surface area contributed by atoms with E-state index in [2.05, 4.69) is 0 Å². The van der Waals surface area contributed by atoms with Crippen molar-refractivity contribution >= 4 is 0 Å². The number of alkyl halides is 34. The van der Waals surface area contributed by atoms with Gasteiger partial charge >= 0.3 is 95.5 Å². The molecule has 36 heteroatoms. The Morgan fingerprint density at radius 1 is 0.210 bits per heavy atom. The maximum atomic E-state index is 14.5. The third-order valence-electron chi connectivity index (χ3n) is 8.05. The molecule has 0 spiro atoms. The number of hydrogen-bond acceptors (Lipinski definition) is 0. The molecule has 0 N–H and O–H groups in total. The lowest BCUT2D eigenvalue weighted by atomic mass is 9.90. The average Bonchev–Trinajstić information content (AvgIpc) is 3.09. The van der Waals surface area contributed by atoms with Crippen LogP contribution in [0.1, 0.15) is 0 Å². The van der Waals surface area contributed by atoms with Crippen LogP contribution < -0.4 is 9.13 Å². The lowest BCUT2D eigenvalue weighted by Crippen LogP contribution is -2.76. The average molecular weight is 994 g/mol. The molecule has 2 heterocycles. The zero-order valence-corrected chi connectivity index (χ0v) is 27.4. The summed E-state index contributed by atoms with van der Waals surface area (Å²) in [6.45, 7) is 0. The normalized spacial score (nSPS) is 16.2. The molecule has 0 atom stereocenters. The van der Waals surface area contributed by atoms with Gasteiger partial charge in [-0.2, -0.15) is 132 Å². The summed E-state index contributed by atoms with van der Waals surface area (Å²) >= 11 is 0. The molecule has 0 saturated carbocycles. The van der Waals surface area contributed by atoms with Crippen LogP contribution in [-0.2, 0) is 12.1 Å². The van der Waals surface area contributed by atoms with E-state index in [9.17, 15) is 149 Å². The van der Waals surface area contributed by atoms with Crippen LogP contribution in [0.3, 0.4) is 0 Å². The smallest absolute Gasteiger partial charge is 0.192 e. The highest BCUT2D eigenvalue weighted by Gasteiger charge is 2.98. The van der Waals surface area contributed by atoms with Crippen LogP contribution in [0, 0.1) is 0 Å². The van der Waals surface area contributed by atoms with Gasteiger partial charge in [-0.3, -0.25) is 0 Å². The van der Waals surface area contributed by atoms with Crippen molar-refractivity contribution in [3.05, 3.63) is 49.1 Å². The summed E-state index contributed by atoms with van der Waals surface area (Å²) in [5, 5.41) is 0. The van der Waals surface area contributed by atoms with Crippen molar-refractivity contribution in [3.63, 3.8) is 0 Å². The first-order valence-electron chi connectivity index (χ1n) is 14.1. The van der Waals surface area contributed by atoms with Gasteiger partial charge in [0.05, 0.1) is 0 Å². The van der Waals surface area contributed by atoms with E-state index in [1.165, 1.54) is 0 Å². The standard InChI is InChI=1S/C26H8F34N2/c27-11(28,15(35,36)19(43,44)23(51,52)53)13(31,32)17(39,40)21(47,48)25(57,58)61-5-1-9(2-6-61)10-3-7-62(8-4-10)26(59,60)22(49,50)18(41,42)14(33,34)12(29,30)16(37,38)20(45,46)24(54,55)56/h1-8H/q+2. The fraction of sp³-hybridized carbons (Fsp3) is 0.615.